The van der Waals surface area contributed by atoms with Gasteiger partial charge in [0.15, 0.2) is 0 Å². The molecule has 78 valence electrons. The molecule has 0 spiro atoms. The summed E-state index contributed by atoms with van der Waals surface area (Å²) in [5, 5.41) is 11.9. The van der Waals surface area contributed by atoms with Crippen molar-refractivity contribution in [1.29, 1.82) is 0 Å². The van der Waals surface area contributed by atoms with Gasteiger partial charge in [0.1, 0.15) is 0 Å². The highest BCUT2D eigenvalue weighted by molar-refractivity contribution is 5.90. The Bertz CT molecular complexity index is 166. The molecule has 5 N–H and O–H groups in total. The van der Waals surface area contributed by atoms with E-state index in [0.29, 0.717) is 18.8 Å². The van der Waals surface area contributed by atoms with E-state index in [4.69, 9.17) is 16.7 Å². The molecule has 0 atom stereocenters. The van der Waals surface area contributed by atoms with Crippen molar-refractivity contribution in [3.8, 4) is 0 Å². The maximum Gasteiger partial charge on any atom is 0.0762 e. The van der Waals surface area contributed by atoms with Gasteiger partial charge in [0, 0.05) is 12.0 Å². The predicted molar refractivity (Wildman–Crippen MR) is 55.0 cm³/mol. The van der Waals surface area contributed by atoms with Crippen LogP contribution in [0.25, 0.3) is 0 Å². The predicted octanol–water partition coefficient (Wildman–Crippen LogP) is 0.931. The summed E-state index contributed by atoms with van der Waals surface area (Å²) < 4.78 is 0. The Kier molecular flexibility index (Phi) is 5.66. The molecular weight excluding hydrogens is 166 g/mol. The molecule has 0 fully saturated rings. The van der Waals surface area contributed by atoms with Gasteiger partial charge >= 0.3 is 0 Å². The zero-order chi connectivity index (χ0) is 10.3. The van der Waals surface area contributed by atoms with Crippen LogP contribution in [-0.4, -0.2) is 24.0 Å². The van der Waals surface area contributed by atoms with Crippen LogP contribution in [-0.2, 0) is 0 Å². The van der Waals surface area contributed by atoms with Gasteiger partial charge in [0.25, 0.3) is 0 Å². The van der Waals surface area contributed by atoms with Crippen molar-refractivity contribution in [2.75, 3.05) is 13.1 Å². The van der Waals surface area contributed by atoms with Crippen molar-refractivity contribution in [3.05, 3.63) is 0 Å². The number of nitrogens with zero attached hydrogens (tertiary/aromatic N) is 1. The fourth-order valence-electron chi connectivity index (χ4n) is 1.31. The van der Waals surface area contributed by atoms with Crippen LogP contribution < -0.4 is 11.5 Å². The molecule has 0 saturated carbocycles. The van der Waals surface area contributed by atoms with Crippen molar-refractivity contribution < 1.29 is 5.21 Å². The van der Waals surface area contributed by atoms with E-state index in [2.05, 4.69) is 5.16 Å². The summed E-state index contributed by atoms with van der Waals surface area (Å²) in [6.45, 7) is 5.09. The third-order valence-corrected chi connectivity index (χ3v) is 2.35. The Morgan fingerprint density at radius 2 is 1.92 bits per heavy atom. The lowest BCUT2D eigenvalue weighted by molar-refractivity contribution is 0.304. The quantitative estimate of drug-likeness (QED) is 0.250. The molecule has 0 bridgehead atoms. The number of hydrogen-bond acceptors (Lipinski definition) is 4. The summed E-state index contributed by atoms with van der Waals surface area (Å²) in [5.74, 6) is 0. The first-order valence-electron chi connectivity index (χ1n) is 4.70. The minimum Gasteiger partial charge on any atom is -0.411 e. The third-order valence-electron chi connectivity index (χ3n) is 2.35. The molecule has 4 nitrogen and oxygen atoms in total. The highest BCUT2D eigenvalue weighted by Gasteiger charge is 2.23. The van der Waals surface area contributed by atoms with Crippen LogP contribution in [0, 0.1) is 5.41 Å². The fraction of sp³-hybridized carbons (Fsp3) is 0.889. The van der Waals surface area contributed by atoms with E-state index in [0.717, 1.165) is 19.3 Å². The Morgan fingerprint density at radius 1 is 1.31 bits per heavy atom. The van der Waals surface area contributed by atoms with E-state index < -0.39 is 0 Å². The van der Waals surface area contributed by atoms with E-state index in [-0.39, 0.29) is 5.41 Å². The zero-order valence-electron chi connectivity index (χ0n) is 8.58. The second-order valence-electron chi connectivity index (χ2n) is 3.88. The number of rotatable bonds is 6. The summed E-state index contributed by atoms with van der Waals surface area (Å²) in [4.78, 5) is 0. The van der Waals surface area contributed by atoms with Gasteiger partial charge in [-0.25, -0.2) is 0 Å². The topological polar surface area (TPSA) is 84.6 Å². The lowest BCUT2D eigenvalue weighted by atomic mass is 9.82. The molecule has 0 rings (SSSR count). The molecular formula is C9H21N3O. The summed E-state index contributed by atoms with van der Waals surface area (Å²) in [7, 11) is 0. The van der Waals surface area contributed by atoms with Gasteiger partial charge in [-0.05, 0) is 19.4 Å². The highest BCUT2D eigenvalue weighted by atomic mass is 16.4. The minimum atomic E-state index is -0.112. The monoisotopic (exact) mass is 187 g/mol. The van der Waals surface area contributed by atoms with Crippen molar-refractivity contribution in [3.63, 3.8) is 0 Å². The molecule has 0 saturated heterocycles. The Balaban J connectivity index is 4.05. The van der Waals surface area contributed by atoms with Crippen molar-refractivity contribution >= 4 is 5.71 Å². The van der Waals surface area contributed by atoms with Gasteiger partial charge in [-0.1, -0.05) is 25.4 Å². The first-order valence-corrected chi connectivity index (χ1v) is 4.70. The lowest BCUT2D eigenvalue weighted by Gasteiger charge is -2.24. The molecule has 0 aromatic heterocycles. The molecule has 13 heavy (non-hydrogen) atoms. The van der Waals surface area contributed by atoms with Gasteiger partial charge in [0.05, 0.1) is 5.71 Å². The van der Waals surface area contributed by atoms with Crippen LogP contribution in [0.1, 0.15) is 33.1 Å². The smallest absolute Gasteiger partial charge is 0.0762 e. The second kappa shape index (κ2) is 5.94. The van der Waals surface area contributed by atoms with E-state index >= 15 is 0 Å². The van der Waals surface area contributed by atoms with Crippen molar-refractivity contribution in [2.45, 2.75) is 33.1 Å². The third kappa shape index (κ3) is 4.24. The van der Waals surface area contributed by atoms with Crippen LogP contribution in [0.4, 0.5) is 0 Å². The number of nitrogens with two attached hydrogens (primary N) is 2. The molecule has 0 amide bonds. The van der Waals surface area contributed by atoms with Gasteiger partial charge < -0.3 is 16.7 Å². The highest BCUT2D eigenvalue weighted by Crippen LogP contribution is 2.24. The molecule has 0 aromatic carbocycles. The van der Waals surface area contributed by atoms with Crippen LogP contribution in [0.3, 0.4) is 0 Å². The van der Waals surface area contributed by atoms with Crippen LogP contribution >= 0.6 is 0 Å². The molecule has 0 aromatic rings. The van der Waals surface area contributed by atoms with Crippen molar-refractivity contribution in [2.24, 2.45) is 22.0 Å². The maximum absolute atomic E-state index is 8.70. The molecule has 0 heterocycles. The Morgan fingerprint density at radius 3 is 2.31 bits per heavy atom. The van der Waals surface area contributed by atoms with Gasteiger partial charge in [-0.3, -0.25) is 0 Å². The number of unbranched alkanes of at least 4 members (excludes halogenated alkanes) is 1. The molecule has 0 aliphatic carbocycles. The number of oxime groups is 1. The molecule has 0 unspecified atom stereocenters. The summed E-state index contributed by atoms with van der Waals surface area (Å²) >= 11 is 0. The van der Waals surface area contributed by atoms with Gasteiger partial charge in [-0.2, -0.15) is 0 Å². The Hall–Kier alpha value is -0.610. The van der Waals surface area contributed by atoms with Crippen LogP contribution in [0.15, 0.2) is 5.16 Å². The van der Waals surface area contributed by atoms with E-state index in [9.17, 15) is 0 Å². The lowest BCUT2D eigenvalue weighted by Crippen LogP contribution is -2.31. The molecule has 4 heteroatoms. The molecule has 0 radical (unpaired) electrons. The van der Waals surface area contributed by atoms with E-state index in [1.165, 1.54) is 0 Å². The first kappa shape index (κ1) is 12.4. The number of hydrogen-bond donors (Lipinski definition) is 3. The molecule has 0 aliphatic heterocycles. The standard InChI is InChI=1S/C9H21N3O/c1-9(2,5-3-4-6-10)8(7-11)12-13/h13H,3-7,10-11H2,1-2H3. The van der Waals surface area contributed by atoms with E-state index in [1.54, 1.807) is 0 Å². The first-order chi connectivity index (χ1) is 6.08. The second-order valence-corrected chi connectivity index (χ2v) is 3.88. The van der Waals surface area contributed by atoms with Gasteiger partial charge in [0.2, 0.25) is 0 Å². The van der Waals surface area contributed by atoms with Crippen molar-refractivity contribution in [1.82, 2.24) is 0 Å². The van der Waals surface area contributed by atoms with Crippen LogP contribution in [0.2, 0.25) is 0 Å². The summed E-state index contributed by atoms with van der Waals surface area (Å²) in [6, 6.07) is 0. The zero-order valence-corrected chi connectivity index (χ0v) is 8.58. The average Bonchev–Trinajstić information content (AvgIpc) is 2.06. The maximum atomic E-state index is 8.70. The minimum absolute atomic E-state index is 0.112. The summed E-state index contributed by atoms with van der Waals surface area (Å²) in [6.07, 6.45) is 3.01. The average molecular weight is 187 g/mol. The Labute approximate surface area is 80.0 Å². The fourth-order valence-corrected chi connectivity index (χ4v) is 1.31. The SMILES string of the molecule is CC(C)(CCCCN)C(CN)=NO. The van der Waals surface area contributed by atoms with E-state index in [1.807, 2.05) is 13.8 Å². The largest absolute Gasteiger partial charge is 0.411 e. The molecule has 0 aliphatic rings. The van der Waals surface area contributed by atoms with Crippen LogP contribution in [0.5, 0.6) is 0 Å². The van der Waals surface area contributed by atoms with Gasteiger partial charge in [-0.15, -0.1) is 0 Å². The summed E-state index contributed by atoms with van der Waals surface area (Å²) in [5.41, 5.74) is 11.4. The normalized spacial score (nSPS) is 13.4.